The van der Waals surface area contributed by atoms with Gasteiger partial charge in [-0.05, 0) is 64.7 Å². The fourth-order valence-corrected chi connectivity index (χ4v) is 2.42. The number of thioether (sulfide) groups is 1. The van der Waals surface area contributed by atoms with E-state index in [9.17, 15) is 4.79 Å². The summed E-state index contributed by atoms with van der Waals surface area (Å²) in [6.07, 6.45) is 2.00. The number of nitrogens with one attached hydrogen (secondary N) is 1. The van der Waals surface area contributed by atoms with Crippen LogP contribution in [0.4, 0.5) is 5.69 Å². The van der Waals surface area contributed by atoms with E-state index in [0.29, 0.717) is 16.3 Å². The van der Waals surface area contributed by atoms with E-state index < -0.39 is 0 Å². The van der Waals surface area contributed by atoms with Crippen LogP contribution in [0.5, 0.6) is 0 Å². The van der Waals surface area contributed by atoms with Gasteiger partial charge in [-0.15, -0.1) is 11.8 Å². The van der Waals surface area contributed by atoms with Gasteiger partial charge in [0.1, 0.15) is 0 Å². The lowest BCUT2D eigenvalue weighted by Crippen LogP contribution is -2.11. The van der Waals surface area contributed by atoms with Gasteiger partial charge in [-0.1, -0.05) is 11.6 Å². The Balaban J connectivity index is 2.13. The summed E-state index contributed by atoms with van der Waals surface area (Å²) in [6, 6.07) is 12.8. The maximum Gasteiger partial charge on any atom is 0.255 e. The van der Waals surface area contributed by atoms with Gasteiger partial charge in [-0.3, -0.25) is 4.79 Å². The van der Waals surface area contributed by atoms with Crippen molar-refractivity contribution in [1.82, 2.24) is 0 Å². The normalized spacial score (nSPS) is 10.3. The molecular weight excluding hydrogens is 346 g/mol. The van der Waals surface area contributed by atoms with Gasteiger partial charge in [0.25, 0.3) is 5.91 Å². The molecule has 0 bridgehead atoms. The summed E-state index contributed by atoms with van der Waals surface area (Å²) in [5, 5.41) is 3.44. The van der Waals surface area contributed by atoms with Crippen molar-refractivity contribution < 1.29 is 4.79 Å². The topological polar surface area (TPSA) is 29.1 Å². The highest BCUT2D eigenvalue weighted by atomic mass is 79.9. The highest BCUT2D eigenvalue weighted by molar-refractivity contribution is 9.10. The Bertz CT molecular complexity index is 601. The Morgan fingerprint density at radius 1 is 1.21 bits per heavy atom. The fourth-order valence-electron chi connectivity index (χ4n) is 1.52. The summed E-state index contributed by atoms with van der Waals surface area (Å²) in [5.41, 5.74) is 1.33. The zero-order chi connectivity index (χ0) is 13.8. The molecule has 0 unspecified atom stereocenters. The van der Waals surface area contributed by atoms with E-state index in [0.717, 1.165) is 9.37 Å². The van der Waals surface area contributed by atoms with Gasteiger partial charge < -0.3 is 5.32 Å². The van der Waals surface area contributed by atoms with Crippen LogP contribution in [0, 0.1) is 0 Å². The van der Waals surface area contributed by atoms with Crippen LogP contribution in [-0.4, -0.2) is 12.2 Å². The van der Waals surface area contributed by atoms with Gasteiger partial charge in [0, 0.05) is 20.6 Å². The first kappa shape index (κ1) is 14.4. The van der Waals surface area contributed by atoms with Crippen LogP contribution in [0.2, 0.25) is 5.02 Å². The molecule has 0 atom stereocenters. The molecule has 98 valence electrons. The van der Waals surface area contributed by atoms with Crippen molar-refractivity contribution in [2.45, 2.75) is 4.90 Å². The summed E-state index contributed by atoms with van der Waals surface area (Å²) in [6.45, 7) is 0. The molecule has 0 spiro atoms. The molecule has 0 saturated carbocycles. The standard InChI is InChI=1S/C14H11BrClNOS/c1-19-11-5-2-9(3-6-11)14(18)17-10-4-7-13(16)12(15)8-10/h2-8H,1H3,(H,17,18). The van der Waals surface area contributed by atoms with Crippen LogP contribution >= 0.6 is 39.3 Å². The molecular formula is C14H11BrClNOS. The average Bonchev–Trinajstić information content (AvgIpc) is 2.43. The zero-order valence-electron chi connectivity index (χ0n) is 10.1. The van der Waals surface area contributed by atoms with E-state index >= 15 is 0 Å². The van der Waals surface area contributed by atoms with E-state index in [1.807, 2.05) is 30.5 Å². The van der Waals surface area contributed by atoms with Gasteiger partial charge >= 0.3 is 0 Å². The summed E-state index contributed by atoms with van der Waals surface area (Å²) >= 11 is 10.9. The minimum atomic E-state index is -0.137. The number of carbonyl (C=O) groups excluding carboxylic acids is 1. The van der Waals surface area contributed by atoms with E-state index in [4.69, 9.17) is 11.6 Å². The third kappa shape index (κ3) is 3.75. The Labute approximate surface area is 129 Å². The smallest absolute Gasteiger partial charge is 0.255 e. The predicted octanol–water partition coefficient (Wildman–Crippen LogP) is 5.08. The van der Waals surface area contributed by atoms with Gasteiger partial charge in [-0.25, -0.2) is 0 Å². The minimum absolute atomic E-state index is 0.137. The number of carbonyl (C=O) groups is 1. The summed E-state index contributed by atoms with van der Waals surface area (Å²) < 4.78 is 0.754. The second-order valence-electron chi connectivity index (χ2n) is 3.81. The van der Waals surface area contributed by atoms with Crippen molar-refractivity contribution in [2.75, 3.05) is 11.6 Å². The van der Waals surface area contributed by atoms with Crippen LogP contribution in [0.25, 0.3) is 0 Å². The van der Waals surface area contributed by atoms with E-state index in [-0.39, 0.29) is 5.91 Å². The van der Waals surface area contributed by atoms with Crippen molar-refractivity contribution in [2.24, 2.45) is 0 Å². The molecule has 0 aliphatic rings. The van der Waals surface area contributed by atoms with Crippen molar-refractivity contribution in [3.05, 3.63) is 57.5 Å². The second-order valence-corrected chi connectivity index (χ2v) is 5.95. The molecule has 0 fully saturated rings. The van der Waals surface area contributed by atoms with Crippen LogP contribution < -0.4 is 5.32 Å². The third-order valence-electron chi connectivity index (χ3n) is 2.53. The summed E-state index contributed by atoms with van der Waals surface area (Å²) in [7, 11) is 0. The number of benzene rings is 2. The molecule has 0 aromatic heterocycles. The SMILES string of the molecule is CSc1ccc(C(=O)Nc2ccc(Cl)c(Br)c2)cc1. The lowest BCUT2D eigenvalue weighted by Gasteiger charge is -2.07. The number of amides is 1. The average molecular weight is 357 g/mol. The quantitative estimate of drug-likeness (QED) is 0.777. The predicted molar refractivity (Wildman–Crippen MR) is 85.3 cm³/mol. The molecule has 1 amide bonds. The Kier molecular flexibility index (Phi) is 4.91. The first-order valence-electron chi connectivity index (χ1n) is 5.50. The Morgan fingerprint density at radius 2 is 1.89 bits per heavy atom. The molecule has 0 aliphatic carbocycles. The molecule has 1 N–H and O–H groups in total. The zero-order valence-corrected chi connectivity index (χ0v) is 13.3. The molecule has 2 aromatic carbocycles. The highest BCUT2D eigenvalue weighted by Gasteiger charge is 2.07. The van der Waals surface area contributed by atoms with Crippen LogP contribution in [0.1, 0.15) is 10.4 Å². The van der Waals surface area contributed by atoms with E-state index in [2.05, 4.69) is 21.2 Å². The number of hydrogen-bond acceptors (Lipinski definition) is 2. The maximum atomic E-state index is 12.0. The monoisotopic (exact) mass is 355 g/mol. The first-order chi connectivity index (χ1) is 9.10. The number of anilines is 1. The van der Waals surface area contributed by atoms with Crippen molar-refractivity contribution in [3.63, 3.8) is 0 Å². The minimum Gasteiger partial charge on any atom is -0.322 e. The largest absolute Gasteiger partial charge is 0.322 e. The molecule has 0 radical (unpaired) electrons. The van der Waals surface area contributed by atoms with Gasteiger partial charge in [-0.2, -0.15) is 0 Å². The Morgan fingerprint density at radius 3 is 2.47 bits per heavy atom. The second kappa shape index (κ2) is 6.46. The lowest BCUT2D eigenvalue weighted by atomic mass is 10.2. The van der Waals surface area contributed by atoms with Crippen molar-refractivity contribution in [3.8, 4) is 0 Å². The van der Waals surface area contributed by atoms with Crippen LogP contribution in [0.3, 0.4) is 0 Å². The van der Waals surface area contributed by atoms with Gasteiger partial charge in [0.2, 0.25) is 0 Å². The molecule has 2 rings (SSSR count). The number of hydrogen-bond donors (Lipinski definition) is 1. The molecule has 2 aromatic rings. The van der Waals surface area contributed by atoms with Crippen LogP contribution in [-0.2, 0) is 0 Å². The van der Waals surface area contributed by atoms with Crippen molar-refractivity contribution >= 4 is 50.9 Å². The third-order valence-corrected chi connectivity index (χ3v) is 4.49. The van der Waals surface area contributed by atoms with E-state index in [1.54, 1.807) is 30.0 Å². The van der Waals surface area contributed by atoms with Gasteiger partial charge in [0.05, 0.1) is 5.02 Å². The molecule has 2 nitrogen and oxygen atoms in total. The summed E-state index contributed by atoms with van der Waals surface area (Å²) in [5.74, 6) is -0.137. The van der Waals surface area contributed by atoms with Crippen LogP contribution in [0.15, 0.2) is 51.8 Å². The molecule has 0 aliphatic heterocycles. The fraction of sp³-hybridized carbons (Fsp3) is 0.0714. The summed E-state index contributed by atoms with van der Waals surface area (Å²) in [4.78, 5) is 13.2. The molecule has 0 heterocycles. The maximum absolute atomic E-state index is 12.0. The number of rotatable bonds is 3. The molecule has 19 heavy (non-hydrogen) atoms. The highest BCUT2D eigenvalue weighted by Crippen LogP contribution is 2.26. The van der Waals surface area contributed by atoms with Crippen molar-refractivity contribution in [1.29, 1.82) is 0 Å². The lowest BCUT2D eigenvalue weighted by molar-refractivity contribution is 0.102. The first-order valence-corrected chi connectivity index (χ1v) is 7.90. The number of halogens is 2. The van der Waals surface area contributed by atoms with E-state index in [1.165, 1.54) is 0 Å². The molecule has 5 heteroatoms. The Hall–Kier alpha value is -0.970. The van der Waals surface area contributed by atoms with Gasteiger partial charge in [0.15, 0.2) is 0 Å². The molecule has 0 saturated heterocycles.